The number of fused-ring (bicyclic) bond motifs is 7. The summed E-state index contributed by atoms with van der Waals surface area (Å²) in [6.07, 6.45) is 3.70. The number of hydrogen-bond donors (Lipinski definition) is 0. The largest absolute Gasteiger partial charge is 0.497 e. The summed E-state index contributed by atoms with van der Waals surface area (Å²) < 4.78 is 7.25. The van der Waals surface area contributed by atoms with Crippen molar-refractivity contribution in [2.45, 2.75) is 0 Å². The molecule has 0 bridgehead atoms. The number of aromatic nitrogens is 4. The molecule has 0 N–H and O–H groups in total. The lowest BCUT2D eigenvalue weighted by Crippen LogP contribution is -1.92. The summed E-state index contributed by atoms with van der Waals surface area (Å²) in [4.78, 5) is 4.72. The fraction of sp³-hybridized carbons (Fsp3) is 0.0556. The van der Waals surface area contributed by atoms with Crippen molar-refractivity contribution in [2.24, 2.45) is 0 Å². The molecule has 0 fully saturated rings. The van der Waals surface area contributed by atoms with E-state index in [-0.39, 0.29) is 0 Å². The third-order valence-electron chi connectivity index (χ3n) is 4.28. The van der Waals surface area contributed by atoms with Crippen LogP contribution >= 0.6 is 0 Å². The van der Waals surface area contributed by atoms with Gasteiger partial charge in [-0.15, -0.1) is 10.2 Å². The van der Waals surface area contributed by atoms with Crippen LogP contribution in [-0.4, -0.2) is 26.7 Å². The van der Waals surface area contributed by atoms with Crippen LogP contribution in [0.25, 0.3) is 38.2 Å². The Bertz CT molecular complexity index is 1210. The van der Waals surface area contributed by atoms with Crippen molar-refractivity contribution in [3.63, 3.8) is 0 Å². The normalized spacial score (nSPS) is 11.7. The van der Waals surface area contributed by atoms with Gasteiger partial charge in [0.2, 0.25) is 0 Å². The average Bonchev–Trinajstić information content (AvgIpc) is 3.07. The molecular weight excluding hydrogens is 288 g/mol. The predicted molar refractivity (Wildman–Crippen MR) is 89.9 cm³/mol. The Morgan fingerprint density at radius 1 is 0.913 bits per heavy atom. The molecule has 5 aromatic rings. The lowest BCUT2D eigenvalue weighted by Gasteiger charge is -2.11. The standard InChI is InChI=1S/C18H12N4O/c1-23-11-6-7-13-12-4-2-3-5-14(12)17-16(15(13)8-11)9-22-10-19-21-18(22)20-17/h2-10H,1H3. The van der Waals surface area contributed by atoms with Crippen molar-refractivity contribution in [1.82, 2.24) is 19.6 Å². The highest BCUT2D eigenvalue weighted by molar-refractivity contribution is 6.24. The maximum atomic E-state index is 5.40. The summed E-state index contributed by atoms with van der Waals surface area (Å²) in [6, 6.07) is 14.5. The molecule has 3 aromatic carbocycles. The zero-order valence-corrected chi connectivity index (χ0v) is 12.4. The molecule has 23 heavy (non-hydrogen) atoms. The second-order valence-corrected chi connectivity index (χ2v) is 5.50. The van der Waals surface area contributed by atoms with Gasteiger partial charge in [0.25, 0.3) is 5.78 Å². The van der Waals surface area contributed by atoms with Crippen LogP contribution in [0, 0.1) is 0 Å². The summed E-state index contributed by atoms with van der Waals surface area (Å²) >= 11 is 0. The fourth-order valence-corrected chi connectivity index (χ4v) is 3.20. The predicted octanol–water partition coefficient (Wildman–Crippen LogP) is 3.59. The molecule has 0 unspecified atom stereocenters. The molecule has 0 saturated heterocycles. The maximum Gasteiger partial charge on any atom is 0.255 e. The van der Waals surface area contributed by atoms with Crippen molar-refractivity contribution in [1.29, 1.82) is 0 Å². The Balaban J connectivity index is 2.13. The van der Waals surface area contributed by atoms with Crippen molar-refractivity contribution in [2.75, 3.05) is 7.11 Å². The maximum absolute atomic E-state index is 5.40. The minimum absolute atomic E-state index is 0.602. The van der Waals surface area contributed by atoms with Crippen molar-refractivity contribution in [3.05, 3.63) is 55.0 Å². The number of ether oxygens (including phenoxy) is 1. The number of rotatable bonds is 1. The van der Waals surface area contributed by atoms with E-state index in [4.69, 9.17) is 9.72 Å². The lowest BCUT2D eigenvalue weighted by atomic mass is 9.98. The van der Waals surface area contributed by atoms with Gasteiger partial charge in [-0.3, -0.25) is 4.40 Å². The SMILES string of the molecule is COc1ccc2c3ccccc3c3nc4nncn4cc3c2c1. The molecule has 0 atom stereocenters. The molecule has 5 heteroatoms. The topological polar surface area (TPSA) is 52.3 Å². The molecular formula is C18H12N4O. The second-order valence-electron chi connectivity index (χ2n) is 5.50. The van der Waals surface area contributed by atoms with E-state index in [1.165, 1.54) is 10.8 Å². The van der Waals surface area contributed by atoms with Crippen LogP contribution in [0.2, 0.25) is 0 Å². The van der Waals surface area contributed by atoms with Crippen LogP contribution in [0.15, 0.2) is 55.0 Å². The highest BCUT2D eigenvalue weighted by Gasteiger charge is 2.12. The van der Waals surface area contributed by atoms with Crippen LogP contribution in [-0.2, 0) is 0 Å². The van der Waals surface area contributed by atoms with E-state index in [0.29, 0.717) is 5.78 Å². The second kappa shape index (κ2) is 4.39. The van der Waals surface area contributed by atoms with Gasteiger partial charge in [-0.25, -0.2) is 4.98 Å². The van der Waals surface area contributed by atoms with Gasteiger partial charge in [-0.05, 0) is 28.3 Å². The first-order valence-electron chi connectivity index (χ1n) is 7.34. The average molecular weight is 300 g/mol. The van der Waals surface area contributed by atoms with Crippen molar-refractivity contribution < 1.29 is 4.74 Å². The smallest absolute Gasteiger partial charge is 0.255 e. The summed E-state index contributed by atoms with van der Waals surface area (Å²) in [5.41, 5.74) is 0.932. The first-order valence-corrected chi connectivity index (χ1v) is 7.34. The zero-order chi connectivity index (χ0) is 15.4. The Morgan fingerprint density at radius 3 is 2.61 bits per heavy atom. The molecule has 0 aliphatic rings. The number of methoxy groups -OCH3 is 1. The van der Waals surface area contributed by atoms with Gasteiger partial charge in [0.05, 0.1) is 12.6 Å². The van der Waals surface area contributed by atoms with E-state index in [1.807, 2.05) is 28.8 Å². The van der Waals surface area contributed by atoms with Gasteiger partial charge in [0.1, 0.15) is 12.1 Å². The van der Waals surface area contributed by atoms with Gasteiger partial charge in [0, 0.05) is 17.0 Å². The molecule has 5 nitrogen and oxygen atoms in total. The first-order chi connectivity index (χ1) is 11.3. The summed E-state index contributed by atoms with van der Waals surface area (Å²) in [7, 11) is 1.68. The van der Waals surface area contributed by atoms with E-state index in [0.717, 1.165) is 27.4 Å². The minimum atomic E-state index is 0.602. The number of hydrogen-bond acceptors (Lipinski definition) is 4. The number of benzene rings is 3. The lowest BCUT2D eigenvalue weighted by molar-refractivity contribution is 0.415. The quantitative estimate of drug-likeness (QED) is 0.444. The van der Waals surface area contributed by atoms with Gasteiger partial charge in [-0.1, -0.05) is 30.3 Å². The van der Waals surface area contributed by atoms with Gasteiger partial charge < -0.3 is 4.74 Å². The Morgan fingerprint density at radius 2 is 1.74 bits per heavy atom. The van der Waals surface area contributed by atoms with E-state index < -0.39 is 0 Å². The zero-order valence-electron chi connectivity index (χ0n) is 12.4. The fourth-order valence-electron chi connectivity index (χ4n) is 3.20. The molecule has 0 aliphatic carbocycles. The Hall–Kier alpha value is -3.21. The third kappa shape index (κ3) is 1.64. The minimum Gasteiger partial charge on any atom is -0.497 e. The van der Waals surface area contributed by atoms with E-state index >= 15 is 0 Å². The van der Waals surface area contributed by atoms with E-state index in [1.54, 1.807) is 13.4 Å². The molecule has 5 rings (SSSR count). The van der Waals surface area contributed by atoms with Crippen LogP contribution < -0.4 is 4.74 Å². The van der Waals surface area contributed by atoms with Crippen molar-refractivity contribution >= 4 is 38.2 Å². The molecule has 0 radical (unpaired) electrons. The highest BCUT2D eigenvalue weighted by Crippen LogP contribution is 2.35. The molecule has 2 heterocycles. The number of nitrogens with zero attached hydrogens (tertiary/aromatic N) is 4. The van der Waals surface area contributed by atoms with Crippen molar-refractivity contribution in [3.8, 4) is 5.75 Å². The molecule has 0 amide bonds. The Labute approximate surface area is 131 Å². The molecule has 110 valence electrons. The highest BCUT2D eigenvalue weighted by atomic mass is 16.5. The third-order valence-corrected chi connectivity index (χ3v) is 4.28. The van der Waals surface area contributed by atoms with Crippen LogP contribution in [0.3, 0.4) is 0 Å². The van der Waals surface area contributed by atoms with Crippen LogP contribution in [0.5, 0.6) is 5.75 Å². The van der Waals surface area contributed by atoms with Crippen LogP contribution in [0.4, 0.5) is 0 Å². The van der Waals surface area contributed by atoms with Gasteiger partial charge >= 0.3 is 0 Å². The Kier molecular flexibility index (Phi) is 2.36. The molecule has 0 saturated carbocycles. The van der Waals surface area contributed by atoms with E-state index in [2.05, 4.69) is 34.5 Å². The molecule has 0 spiro atoms. The monoisotopic (exact) mass is 300 g/mol. The summed E-state index contributed by atoms with van der Waals surface area (Å²) in [5.74, 6) is 1.43. The molecule has 0 aliphatic heterocycles. The van der Waals surface area contributed by atoms with Gasteiger partial charge in [-0.2, -0.15) is 0 Å². The van der Waals surface area contributed by atoms with Gasteiger partial charge in [0.15, 0.2) is 0 Å². The molecule has 2 aromatic heterocycles. The van der Waals surface area contributed by atoms with E-state index in [9.17, 15) is 0 Å². The first kappa shape index (κ1) is 12.3. The summed E-state index contributed by atoms with van der Waals surface area (Å²) in [5, 5.41) is 13.7. The van der Waals surface area contributed by atoms with Crippen LogP contribution in [0.1, 0.15) is 0 Å². The summed E-state index contributed by atoms with van der Waals surface area (Å²) in [6.45, 7) is 0.